The zero-order valence-electron chi connectivity index (χ0n) is 26.2. The lowest BCUT2D eigenvalue weighted by Crippen LogP contribution is -2.48. The summed E-state index contributed by atoms with van der Waals surface area (Å²) in [5.74, 6) is -0.811. The second kappa shape index (κ2) is 15.0. The molecule has 240 valence electrons. The number of urea groups is 1. The number of amides is 2. The maximum Gasteiger partial charge on any atom is 0.325 e. The van der Waals surface area contributed by atoms with Gasteiger partial charge in [-0.2, -0.15) is 0 Å². The zero-order valence-corrected chi connectivity index (χ0v) is 26.2. The lowest BCUT2D eigenvalue weighted by atomic mass is 9.90. The normalized spacial score (nSPS) is 24.0. The van der Waals surface area contributed by atoms with Gasteiger partial charge < -0.3 is 34.7 Å². The summed E-state index contributed by atoms with van der Waals surface area (Å²) in [6, 6.07) is 13.9. The van der Waals surface area contributed by atoms with Gasteiger partial charge in [-0.25, -0.2) is 4.79 Å². The van der Waals surface area contributed by atoms with Crippen LogP contribution in [0.15, 0.2) is 48.5 Å². The van der Waals surface area contributed by atoms with Crippen LogP contribution in [0.1, 0.15) is 76.5 Å². The molecule has 0 spiro atoms. The predicted molar refractivity (Wildman–Crippen MR) is 164 cm³/mol. The number of aliphatic hydroxyl groups excluding tert-OH is 1. The van der Waals surface area contributed by atoms with E-state index in [4.69, 9.17) is 18.9 Å². The van der Waals surface area contributed by atoms with Crippen LogP contribution in [-0.2, 0) is 35.1 Å². The summed E-state index contributed by atoms with van der Waals surface area (Å²) in [5, 5.41) is 14.8. The predicted octanol–water partition coefficient (Wildman–Crippen LogP) is 4.46. The topological polar surface area (TPSA) is 136 Å². The Morgan fingerprint density at radius 3 is 2.50 bits per heavy atom. The first-order valence-corrected chi connectivity index (χ1v) is 15.3. The summed E-state index contributed by atoms with van der Waals surface area (Å²) in [6.45, 7) is 10.6. The fourth-order valence-corrected chi connectivity index (χ4v) is 5.54. The Labute approximate surface area is 259 Å². The summed E-state index contributed by atoms with van der Waals surface area (Å²) in [6.07, 6.45) is 0.240. The van der Waals surface area contributed by atoms with Crippen molar-refractivity contribution in [3.05, 3.63) is 65.2 Å². The third-order valence-electron chi connectivity index (χ3n) is 7.70. The van der Waals surface area contributed by atoms with Gasteiger partial charge in [-0.05, 0) is 70.3 Å². The Kier molecular flexibility index (Phi) is 11.4. The van der Waals surface area contributed by atoms with Gasteiger partial charge >= 0.3 is 18.0 Å². The van der Waals surface area contributed by atoms with E-state index in [9.17, 15) is 19.5 Å². The third kappa shape index (κ3) is 9.01. The van der Waals surface area contributed by atoms with Gasteiger partial charge in [-0.3, -0.25) is 14.5 Å². The molecular formula is C33H45N3O8. The molecule has 5 unspecified atom stereocenters. The lowest BCUT2D eigenvalue weighted by molar-refractivity contribution is -0.276. The number of nitrogens with zero attached hydrogens (tertiary/aromatic N) is 1. The van der Waals surface area contributed by atoms with Gasteiger partial charge in [-0.1, -0.05) is 43.3 Å². The third-order valence-corrected chi connectivity index (χ3v) is 7.70. The molecule has 0 aromatic heterocycles. The zero-order chi connectivity index (χ0) is 31.9. The van der Waals surface area contributed by atoms with Crippen LogP contribution in [-0.4, -0.2) is 72.0 Å². The maximum absolute atomic E-state index is 13.1. The van der Waals surface area contributed by atoms with E-state index in [1.165, 1.54) is 0 Å². The summed E-state index contributed by atoms with van der Waals surface area (Å²) >= 11 is 0. The highest BCUT2D eigenvalue weighted by Crippen LogP contribution is 2.42. The van der Waals surface area contributed by atoms with Gasteiger partial charge in [0.25, 0.3) is 0 Å². The Balaban J connectivity index is 1.54. The number of nitrogens with one attached hydrogen (secondary N) is 2. The summed E-state index contributed by atoms with van der Waals surface area (Å²) < 4.78 is 23.7. The number of benzene rings is 2. The Morgan fingerprint density at radius 1 is 1.07 bits per heavy atom. The Bertz CT molecular complexity index is 1280. The number of likely N-dealkylation sites (tertiary alicyclic amines) is 1. The number of esters is 2. The SMILES string of the molecule is CCOC(=O)CNC(=O)Nc1cccc(C2OC(CN3CCCC3C(=O)OC(C)(C)C)C(C)C(c3ccc(CO)cc3)O2)c1. The quantitative estimate of drug-likeness (QED) is 0.333. The van der Waals surface area contributed by atoms with Crippen LogP contribution in [0.2, 0.25) is 0 Å². The Morgan fingerprint density at radius 2 is 1.82 bits per heavy atom. The molecule has 2 fully saturated rings. The van der Waals surface area contributed by atoms with Crippen LogP contribution in [0.25, 0.3) is 0 Å². The van der Waals surface area contributed by atoms with E-state index >= 15 is 0 Å². The minimum atomic E-state index is -0.759. The largest absolute Gasteiger partial charge is 0.465 e. The van der Waals surface area contributed by atoms with Crippen molar-refractivity contribution in [2.45, 2.75) is 84.2 Å². The first-order valence-electron chi connectivity index (χ1n) is 15.3. The fourth-order valence-electron chi connectivity index (χ4n) is 5.54. The molecule has 2 aliphatic rings. The molecule has 2 amide bonds. The van der Waals surface area contributed by atoms with Crippen LogP contribution in [0.3, 0.4) is 0 Å². The lowest BCUT2D eigenvalue weighted by Gasteiger charge is -2.43. The van der Waals surface area contributed by atoms with Crippen molar-refractivity contribution in [2.75, 3.05) is 31.6 Å². The van der Waals surface area contributed by atoms with Crippen LogP contribution in [0.4, 0.5) is 10.5 Å². The number of ether oxygens (including phenoxy) is 4. The number of aliphatic hydroxyl groups is 1. The van der Waals surface area contributed by atoms with E-state index in [-0.39, 0.29) is 49.9 Å². The van der Waals surface area contributed by atoms with E-state index in [1.54, 1.807) is 25.1 Å². The van der Waals surface area contributed by atoms with Gasteiger partial charge in [-0.15, -0.1) is 0 Å². The van der Waals surface area contributed by atoms with Crippen LogP contribution in [0, 0.1) is 5.92 Å². The highest BCUT2D eigenvalue weighted by atomic mass is 16.7. The van der Waals surface area contributed by atoms with E-state index in [1.807, 2.05) is 51.1 Å². The molecule has 2 aliphatic heterocycles. The van der Waals surface area contributed by atoms with E-state index < -0.39 is 23.9 Å². The molecule has 0 bridgehead atoms. The second-order valence-corrected chi connectivity index (χ2v) is 12.2. The highest BCUT2D eigenvalue weighted by molar-refractivity contribution is 5.91. The van der Waals surface area contributed by atoms with Crippen molar-refractivity contribution in [3.63, 3.8) is 0 Å². The van der Waals surface area contributed by atoms with Crippen molar-refractivity contribution < 1.29 is 38.4 Å². The van der Waals surface area contributed by atoms with Crippen molar-refractivity contribution in [1.82, 2.24) is 10.2 Å². The molecule has 44 heavy (non-hydrogen) atoms. The molecular weight excluding hydrogens is 566 g/mol. The van der Waals surface area contributed by atoms with Crippen LogP contribution < -0.4 is 10.6 Å². The molecule has 11 heteroatoms. The Hall–Kier alpha value is -3.51. The van der Waals surface area contributed by atoms with Crippen molar-refractivity contribution >= 4 is 23.7 Å². The molecule has 2 saturated heterocycles. The fraction of sp³-hybridized carbons (Fsp3) is 0.545. The van der Waals surface area contributed by atoms with Crippen LogP contribution in [0.5, 0.6) is 0 Å². The van der Waals surface area contributed by atoms with Gasteiger partial charge in [0.2, 0.25) is 0 Å². The number of anilines is 1. The molecule has 2 aromatic carbocycles. The van der Waals surface area contributed by atoms with Crippen molar-refractivity contribution in [1.29, 1.82) is 0 Å². The number of rotatable bonds is 10. The van der Waals surface area contributed by atoms with Gasteiger partial charge in [0.15, 0.2) is 6.29 Å². The molecule has 2 heterocycles. The number of carbonyl (C=O) groups is 3. The average Bonchev–Trinajstić information content (AvgIpc) is 3.45. The minimum Gasteiger partial charge on any atom is -0.465 e. The molecule has 3 N–H and O–H groups in total. The minimum absolute atomic E-state index is 0.0517. The van der Waals surface area contributed by atoms with Gasteiger partial charge in [0.1, 0.15) is 18.2 Å². The first-order chi connectivity index (χ1) is 21.0. The number of hydrogen-bond donors (Lipinski definition) is 3. The van der Waals surface area contributed by atoms with Crippen molar-refractivity contribution in [2.24, 2.45) is 5.92 Å². The average molecular weight is 612 g/mol. The molecule has 4 rings (SSSR count). The van der Waals surface area contributed by atoms with Gasteiger partial charge in [0.05, 0.1) is 25.4 Å². The molecule has 0 radical (unpaired) electrons. The smallest absolute Gasteiger partial charge is 0.325 e. The monoisotopic (exact) mass is 611 g/mol. The van der Waals surface area contributed by atoms with E-state index in [2.05, 4.69) is 22.5 Å². The molecule has 11 nitrogen and oxygen atoms in total. The summed E-state index contributed by atoms with van der Waals surface area (Å²) in [4.78, 5) is 39.2. The molecule has 0 saturated carbocycles. The molecule has 0 aliphatic carbocycles. The van der Waals surface area contributed by atoms with Crippen molar-refractivity contribution in [3.8, 4) is 0 Å². The number of hydrogen-bond acceptors (Lipinski definition) is 9. The first kappa shape index (κ1) is 33.4. The summed E-state index contributed by atoms with van der Waals surface area (Å²) in [5.41, 5.74) is 2.39. The molecule has 2 aromatic rings. The van der Waals surface area contributed by atoms with E-state index in [0.717, 1.165) is 30.5 Å². The highest BCUT2D eigenvalue weighted by Gasteiger charge is 2.42. The van der Waals surface area contributed by atoms with Crippen LogP contribution >= 0.6 is 0 Å². The van der Waals surface area contributed by atoms with E-state index in [0.29, 0.717) is 17.8 Å². The maximum atomic E-state index is 13.1. The standard InChI is InChI=1S/C33H45N3O8/c1-6-41-28(38)18-34-32(40)35-25-10-7-9-24(17-25)31-42-27(19-36-16-8-11-26(36)30(39)44-33(3,4)5)21(2)29(43-31)23-14-12-22(20-37)13-15-23/h7,9-10,12-15,17,21,26-27,29,31,37H,6,8,11,16,18-20H2,1-5H3,(H2,34,35,40). The second-order valence-electron chi connectivity index (χ2n) is 12.2. The van der Waals surface area contributed by atoms with Gasteiger partial charge in [0, 0.05) is 23.7 Å². The number of carbonyl (C=O) groups excluding carboxylic acids is 3. The summed E-state index contributed by atoms with van der Waals surface area (Å²) in [7, 11) is 0. The molecule has 5 atom stereocenters.